The van der Waals surface area contributed by atoms with E-state index in [0.717, 1.165) is 16.6 Å². The van der Waals surface area contributed by atoms with Gasteiger partial charge < -0.3 is 10.2 Å². The summed E-state index contributed by atoms with van der Waals surface area (Å²) in [4.78, 5) is 11.4. The average Bonchev–Trinajstić information content (AvgIpc) is 2.81. The molecule has 0 fully saturated rings. The molecule has 2 aromatic heterocycles. The third-order valence-electron chi connectivity index (χ3n) is 3.06. The summed E-state index contributed by atoms with van der Waals surface area (Å²) in [5.41, 5.74) is 2.67. The van der Waals surface area contributed by atoms with Crippen molar-refractivity contribution in [2.75, 3.05) is 12.5 Å². The Morgan fingerprint density at radius 3 is 2.68 bits per heavy atom. The maximum absolute atomic E-state index is 5.58. The van der Waals surface area contributed by atoms with Gasteiger partial charge in [-0.15, -0.1) is 11.3 Å². The van der Waals surface area contributed by atoms with Gasteiger partial charge in [0.15, 0.2) is 11.6 Å². The van der Waals surface area contributed by atoms with E-state index in [4.69, 9.17) is 10.6 Å². The number of nitrogens with two attached hydrogens (primary N) is 1. The molecule has 0 spiro atoms. The van der Waals surface area contributed by atoms with Crippen LogP contribution in [0.4, 0.5) is 5.82 Å². The summed E-state index contributed by atoms with van der Waals surface area (Å²) >= 11 is 1.68. The van der Waals surface area contributed by atoms with E-state index in [2.05, 4.69) is 42.2 Å². The van der Waals surface area contributed by atoms with Gasteiger partial charge in [0.1, 0.15) is 10.9 Å². The van der Waals surface area contributed by atoms with Gasteiger partial charge in [0, 0.05) is 12.0 Å². The summed E-state index contributed by atoms with van der Waals surface area (Å²) in [6.45, 7) is 6.30. The highest BCUT2D eigenvalue weighted by atomic mass is 32.1. The van der Waals surface area contributed by atoms with Crippen LogP contribution < -0.4 is 11.3 Å². The minimum absolute atomic E-state index is 0.122. The van der Waals surface area contributed by atoms with Gasteiger partial charge in [-0.05, 0) is 18.4 Å². The maximum Gasteiger partial charge on any atom is 0.161 e. The van der Waals surface area contributed by atoms with Crippen molar-refractivity contribution in [2.45, 2.75) is 33.3 Å². The summed E-state index contributed by atoms with van der Waals surface area (Å²) in [6.07, 6.45) is 0.863. The summed E-state index contributed by atoms with van der Waals surface area (Å²) in [6, 6.07) is 2.09. The van der Waals surface area contributed by atoms with Crippen LogP contribution in [0.2, 0.25) is 0 Å². The van der Waals surface area contributed by atoms with Crippen molar-refractivity contribution >= 4 is 27.4 Å². The standard InChI is InChI=1S/C13H20N4OS/c1-5-8-6-9-11(17-14)15-12(16-13(9)19-8)10(18-4)7(2)3/h6-7,10H,5,14H2,1-4H3,(H,15,16,17). The van der Waals surface area contributed by atoms with Gasteiger partial charge in [-0.3, -0.25) is 0 Å². The lowest BCUT2D eigenvalue weighted by Gasteiger charge is -2.18. The Kier molecular flexibility index (Phi) is 4.34. The van der Waals surface area contributed by atoms with E-state index in [0.29, 0.717) is 17.6 Å². The molecule has 1 atom stereocenters. The number of fused-ring (bicyclic) bond motifs is 1. The monoisotopic (exact) mass is 280 g/mol. The highest BCUT2D eigenvalue weighted by molar-refractivity contribution is 7.18. The number of hydrogen-bond donors (Lipinski definition) is 2. The number of nitrogens with zero attached hydrogens (tertiary/aromatic N) is 2. The van der Waals surface area contributed by atoms with Crippen LogP contribution in [-0.4, -0.2) is 17.1 Å². The van der Waals surface area contributed by atoms with Gasteiger partial charge in [-0.1, -0.05) is 20.8 Å². The molecule has 0 aliphatic rings. The van der Waals surface area contributed by atoms with Crippen molar-refractivity contribution < 1.29 is 4.74 Å². The Labute approximate surface area is 117 Å². The molecule has 6 heteroatoms. The number of nitrogens with one attached hydrogen (secondary N) is 1. The van der Waals surface area contributed by atoms with Crippen LogP contribution in [0.3, 0.4) is 0 Å². The number of aryl methyl sites for hydroxylation is 1. The number of nitrogen functional groups attached to an aromatic ring is 1. The average molecular weight is 280 g/mol. The molecule has 0 saturated heterocycles. The number of anilines is 1. The smallest absolute Gasteiger partial charge is 0.161 e. The first-order chi connectivity index (χ1) is 9.10. The molecule has 0 radical (unpaired) electrons. The first-order valence-electron chi connectivity index (χ1n) is 6.40. The SMILES string of the molecule is CCc1cc2c(NN)nc(C(OC)C(C)C)nc2s1. The largest absolute Gasteiger partial charge is 0.373 e. The van der Waals surface area contributed by atoms with Crippen molar-refractivity contribution in [3.63, 3.8) is 0 Å². The highest BCUT2D eigenvalue weighted by Crippen LogP contribution is 2.32. The molecule has 0 aliphatic carbocycles. The quantitative estimate of drug-likeness (QED) is 0.651. The van der Waals surface area contributed by atoms with Crippen molar-refractivity contribution in [2.24, 2.45) is 11.8 Å². The summed E-state index contributed by atoms with van der Waals surface area (Å²) in [5, 5.41) is 0.978. The molecule has 19 heavy (non-hydrogen) atoms. The number of methoxy groups -OCH3 is 1. The normalized spacial score (nSPS) is 13.2. The molecule has 0 aromatic carbocycles. The van der Waals surface area contributed by atoms with E-state index >= 15 is 0 Å². The van der Waals surface area contributed by atoms with Crippen LogP contribution in [0.25, 0.3) is 10.2 Å². The van der Waals surface area contributed by atoms with E-state index in [1.165, 1.54) is 4.88 Å². The van der Waals surface area contributed by atoms with Crippen LogP contribution in [0.5, 0.6) is 0 Å². The van der Waals surface area contributed by atoms with Crippen molar-refractivity contribution in [3.05, 3.63) is 16.8 Å². The Hall–Kier alpha value is -1.24. The fourth-order valence-electron chi connectivity index (χ4n) is 2.08. The van der Waals surface area contributed by atoms with Crippen molar-refractivity contribution in [3.8, 4) is 0 Å². The van der Waals surface area contributed by atoms with E-state index in [-0.39, 0.29) is 6.10 Å². The number of hydrazine groups is 1. The third-order valence-corrected chi connectivity index (χ3v) is 4.23. The lowest BCUT2D eigenvalue weighted by molar-refractivity contribution is 0.0579. The zero-order valence-corrected chi connectivity index (χ0v) is 12.5. The van der Waals surface area contributed by atoms with E-state index in [1.807, 2.05) is 0 Å². The summed E-state index contributed by atoms with van der Waals surface area (Å²) in [5.74, 6) is 7.23. The Balaban J connectivity index is 2.57. The molecule has 3 N–H and O–H groups in total. The number of aromatic nitrogens is 2. The summed E-state index contributed by atoms with van der Waals surface area (Å²) < 4.78 is 5.49. The fraction of sp³-hybridized carbons (Fsp3) is 0.538. The number of rotatable bonds is 5. The Morgan fingerprint density at radius 2 is 2.16 bits per heavy atom. The van der Waals surface area contributed by atoms with E-state index in [9.17, 15) is 0 Å². The van der Waals surface area contributed by atoms with Crippen molar-refractivity contribution in [1.29, 1.82) is 0 Å². The topological polar surface area (TPSA) is 73.1 Å². The minimum atomic E-state index is -0.122. The molecule has 2 rings (SSSR count). The molecular formula is C13H20N4OS. The fourth-order valence-corrected chi connectivity index (χ4v) is 3.05. The van der Waals surface area contributed by atoms with Gasteiger partial charge in [0.2, 0.25) is 0 Å². The summed E-state index contributed by atoms with van der Waals surface area (Å²) in [7, 11) is 1.68. The van der Waals surface area contributed by atoms with Gasteiger partial charge in [-0.25, -0.2) is 15.8 Å². The lowest BCUT2D eigenvalue weighted by atomic mass is 10.1. The van der Waals surface area contributed by atoms with Gasteiger partial charge in [0.05, 0.1) is 5.39 Å². The molecule has 0 amide bonds. The van der Waals surface area contributed by atoms with Gasteiger partial charge in [0.25, 0.3) is 0 Å². The zero-order valence-electron chi connectivity index (χ0n) is 11.7. The first kappa shape index (κ1) is 14.2. The minimum Gasteiger partial charge on any atom is -0.373 e. The maximum atomic E-state index is 5.58. The van der Waals surface area contributed by atoms with E-state index < -0.39 is 0 Å². The molecule has 104 valence electrons. The molecular weight excluding hydrogens is 260 g/mol. The second-order valence-electron chi connectivity index (χ2n) is 4.76. The molecule has 2 heterocycles. The van der Waals surface area contributed by atoms with Gasteiger partial charge >= 0.3 is 0 Å². The number of thiophene rings is 1. The molecule has 0 saturated carbocycles. The van der Waals surface area contributed by atoms with Crippen LogP contribution in [-0.2, 0) is 11.2 Å². The molecule has 0 bridgehead atoms. The first-order valence-corrected chi connectivity index (χ1v) is 7.22. The lowest BCUT2D eigenvalue weighted by Crippen LogP contribution is -2.16. The highest BCUT2D eigenvalue weighted by Gasteiger charge is 2.21. The van der Waals surface area contributed by atoms with E-state index in [1.54, 1.807) is 18.4 Å². The van der Waals surface area contributed by atoms with Crippen LogP contribution in [0, 0.1) is 5.92 Å². The third kappa shape index (κ3) is 2.70. The molecule has 1 unspecified atom stereocenters. The second kappa shape index (κ2) is 5.81. The second-order valence-corrected chi connectivity index (χ2v) is 5.88. The molecule has 0 aliphatic heterocycles. The molecule has 2 aromatic rings. The zero-order chi connectivity index (χ0) is 14.0. The predicted molar refractivity (Wildman–Crippen MR) is 79.2 cm³/mol. The predicted octanol–water partition coefficient (Wildman–Crippen LogP) is 2.88. The molecule has 5 nitrogen and oxygen atoms in total. The van der Waals surface area contributed by atoms with Gasteiger partial charge in [-0.2, -0.15) is 0 Å². The Morgan fingerprint density at radius 1 is 1.42 bits per heavy atom. The Bertz CT molecular complexity index is 567. The van der Waals surface area contributed by atoms with Crippen LogP contribution in [0.1, 0.15) is 37.6 Å². The van der Waals surface area contributed by atoms with Crippen LogP contribution >= 0.6 is 11.3 Å². The number of ether oxygens (including phenoxy) is 1. The number of hydrogen-bond acceptors (Lipinski definition) is 6. The van der Waals surface area contributed by atoms with Crippen molar-refractivity contribution in [1.82, 2.24) is 9.97 Å². The van der Waals surface area contributed by atoms with Crippen LogP contribution in [0.15, 0.2) is 6.07 Å².